The Morgan fingerprint density at radius 1 is 1.11 bits per heavy atom. The van der Waals surface area contributed by atoms with Crippen molar-refractivity contribution in [3.63, 3.8) is 0 Å². The van der Waals surface area contributed by atoms with Gasteiger partial charge in [0.1, 0.15) is 12.3 Å². The summed E-state index contributed by atoms with van der Waals surface area (Å²) in [6, 6.07) is 3.88. The van der Waals surface area contributed by atoms with Crippen LogP contribution in [-0.2, 0) is 4.79 Å². The van der Waals surface area contributed by atoms with E-state index in [0.29, 0.717) is 15.7 Å². The highest BCUT2D eigenvalue weighted by Crippen LogP contribution is 2.35. The lowest BCUT2D eigenvalue weighted by Gasteiger charge is -2.30. The van der Waals surface area contributed by atoms with Crippen molar-refractivity contribution in [3.05, 3.63) is 28.2 Å². The van der Waals surface area contributed by atoms with Crippen LogP contribution >= 0.6 is 23.2 Å². The zero-order chi connectivity index (χ0) is 13.5. The van der Waals surface area contributed by atoms with E-state index in [1.165, 1.54) is 0 Å². The molecule has 1 heterocycles. The highest BCUT2D eigenvalue weighted by atomic mass is 35.5. The number of rotatable bonds is 2. The van der Waals surface area contributed by atoms with E-state index in [1.54, 1.807) is 32.0 Å². The fraction of sp³-hybridized carbons (Fsp3) is 0.250. The second-order valence-corrected chi connectivity index (χ2v) is 5.20. The Morgan fingerprint density at radius 2 is 1.67 bits per heavy atom. The van der Waals surface area contributed by atoms with Crippen LogP contribution in [0.5, 0.6) is 0 Å². The molecular weight excluding hydrogens is 275 g/mol. The number of hydrogen-bond acceptors (Lipinski definition) is 2. The fourth-order valence-electron chi connectivity index (χ4n) is 2.14. The van der Waals surface area contributed by atoms with Crippen LogP contribution in [0.15, 0.2) is 23.2 Å². The van der Waals surface area contributed by atoms with E-state index in [-0.39, 0.29) is 11.9 Å². The number of carbonyl (C=O) groups excluding carboxylic acids is 2. The number of quaternary nitrogens is 1. The summed E-state index contributed by atoms with van der Waals surface area (Å²) < 4.78 is -0.500. The third kappa shape index (κ3) is 1.77. The zero-order valence-corrected chi connectivity index (χ0v) is 11.4. The Hall–Kier alpha value is -1.23. The van der Waals surface area contributed by atoms with Gasteiger partial charge in [-0.3, -0.25) is 0 Å². The summed E-state index contributed by atoms with van der Waals surface area (Å²) in [5.41, 5.74) is 0.440. The Labute approximate surface area is 114 Å². The van der Waals surface area contributed by atoms with Crippen molar-refractivity contribution in [2.75, 3.05) is 0 Å². The van der Waals surface area contributed by atoms with Gasteiger partial charge in [0, 0.05) is 22.2 Å². The predicted octanol–water partition coefficient (Wildman–Crippen LogP) is 3.44. The van der Waals surface area contributed by atoms with Crippen LogP contribution < -0.4 is 4.48 Å². The lowest BCUT2D eigenvalue weighted by Crippen LogP contribution is -2.59. The summed E-state index contributed by atoms with van der Waals surface area (Å²) >= 11 is 11.9. The number of nitrogens with zero attached hydrogens (tertiary/aromatic N) is 2. The van der Waals surface area contributed by atoms with Crippen molar-refractivity contribution in [2.45, 2.75) is 19.9 Å². The van der Waals surface area contributed by atoms with Gasteiger partial charge in [-0.25, -0.2) is 9.59 Å². The van der Waals surface area contributed by atoms with Gasteiger partial charge in [0.2, 0.25) is 0 Å². The second-order valence-electron chi connectivity index (χ2n) is 4.32. The van der Waals surface area contributed by atoms with E-state index in [1.807, 2.05) is 0 Å². The number of amides is 3. The van der Waals surface area contributed by atoms with Crippen LogP contribution in [0.3, 0.4) is 0 Å². The van der Waals surface area contributed by atoms with E-state index >= 15 is 0 Å². The van der Waals surface area contributed by atoms with Crippen LogP contribution in [-0.4, -0.2) is 24.2 Å². The van der Waals surface area contributed by atoms with Crippen molar-refractivity contribution in [1.82, 2.24) is 4.48 Å². The molecule has 18 heavy (non-hydrogen) atoms. The molecule has 1 aliphatic rings. The van der Waals surface area contributed by atoms with E-state index in [2.05, 4.69) is 4.99 Å². The number of benzene rings is 1. The Kier molecular flexibility index (Phi) is 3.27. The number of aliphatic imine (C=N–C) groups is 1. The minimum Gasteiger partial charge on any atom is -0.223 e. The largest absolute Gasteiger partial charge is 0.456 e. The fourth-order valence-corrected chi connectivity index (χ4v) is 2.66. The molecule has 0 saturated carbocycles. The van der Waals surface area contributed by atoms with Gasteiger partial charge >= 0.3 is 11.9 Å². The van der Waals surface area contributed by atoms with Gasteiger partial charge in [-0.15, -0.1) is 4.48 Å². The molecule has 94 valence electrons. The average Bonchev–Trinajstić information content (AvgIpc) is 2.54. The standard InChI is InChI=1S/C12H11Cl2N2O2/c1-7(2)16(11(17)6-15-12(16)18)10-4-8(13)3-9(14)5-10/h3-7H,1-2H3/q+1. The van der Waals surface area contributed by atoms with Gasteiger partial charge in [-0.2, -0.15) is 4.99 Å². The summed E-state index contributed by atoms with van der Waals surface area (Å²) in [4.78, 5) is 27.7. The van der Waals surface area contributed by atoms with Crippen LogP contribution in [0, 0.1) is 0 Å². The lowest BCUT2D eigenvalue weighted by molar-refractivity contribution is -0.120. The molecule has 1 unspecified atom stereocenters. The minimum atomic E-state index is -0.520. The predicted molar refractivity (Wildman–Crippen MR) is 72.3 cm³/mol. The molecule has 1 aliphatic heterocycles. The Balaban J connectivity index is 2.69. The Bertz CT molecular complexity index is 529. The van der Waals surface area contributed by atoms with Gasteiger partial charge in [0.25, 0.3) is 0 Å². The number of carbonyl (C=O) groups is 2. The maximum Gasteiger partial charge on any atom is 0.456 e. The first-order chi connectivity index (χ1) is 8.38. The van der Waals surface area contributed by atoms with Crippen molar-refractivity contribution in [3.8, 4) is 0 Å². The normalized spacial score (nSPS) is 23.2. The van der Waals surface area contributed by atoms with Crippen molar-refractivity contribution in [2.24, 2.45) is 4.99 Å². The topological polar surface area (TPSA) is 46.5 Å². The summed E-state index contributed by atoms with van der Waals surface area (Å²) in [5.74, 6) is -0.381. The molecule has 6 heteroatoms. The van der Waals surface area contributed by atoms with Crippen molar-refractivity contribution >= 4 is 47.0 Å². The van der Waals surface area contributed by atoms with E-state index in [0.717, 1.165) is 6.21 Å². The van der Waals surface area contributed by atoms with Gasteiger partial charge in [0.05, 0.1) is 0 Å². The molecule has 2 rings (SSSR count). The van der Waals surface area contributed by atoms with Crippen LogP contribution in [0.4, 0.5) is 10.5 Å². The molecule has 0 saturated heterocycles. The van der Waals surface area contributed by atoms with E-state index in [4.69, 9.17) is 23.2 Å². The lowest BCUT2D eigenvalue weighted by atomic mass is 10.1. The smallest absolute Gasteiger partial charge is 0.223 e. The molecule has 4 nitrogen and oxygen atoms in total. The molecule has 1 aromatic rings. The molecule has 0 aromatic heterocycles. The molecule has 0 N–H and O–H groups in total. The van der Waals surface area contributed by atoms with Gasteiger partial charge < -0.3 is 0 Å². The maximum absolute atomic E-state index is 12.1. The Morgan fingerprint density at radius 3 is 2.06 bits per heavy atom. The minimum absolute atomic E-state index is 0.290. The number of hydrogen-bond donors (Lipinski definition) is 0. The average molecular weight is 286 g/mol. The van der Waals surface area contributed by atoms with E-state index < -0.39 is 10.5 Å². The van der Waals surface area contributed by atoms with Crippen LogP contribution in [0.1, 0.15) is 13.8 Å². The number of halogens is 2. The van der Waals surface area contributed by atoms with Crippen LogP contribution in [0.25, 0.3) is 0 Å². The third-order valence-corrected chi connectivity index (χ3v) is 3.40. The van der Waals surface area contributed by atoms with Crippen LogP contribution in [0.2, 0.25) is 10.0 Å². The first kappa shape index (κ1) is 13.2. The molecule has 3 amide bonds. The molecule has 0 radical (unpaired) electrons. The maximum atomic E-state index is 12.1. The third-order valence-electron chi connectivity index (χ3n) is 2.96. The van der Waals surface area contributed by atoms with Gasteiger partial charge in [0.15, 0.2) is 5.69 Å². The molecular formula is C12H11Cl2N2O2+. The van der Waals surface area contributed by atoms with Crippen molar-refractivity contribution < 1.29 is 9.59 Å². The van der Waals surface area contributed by atoms with Crippen molar-refractivity contribution in [1.29, 1.82) is 0 Å². The highest BCUT2D eigenvalue weighted by molar-refractivity contribution is 6.42. The molecule has 0 aliphatic carbocycles. The summed E-state index contributed by atoms with van der Waals surface area (Å²) in [6.07, 6.45) is 1.05. The molecule has 0 bridgehead atoms. The van der Waals surface area contributed by atoms with Gasteiger partial charge in [-0.05, 0) is 19.9 Å². The molecule has 1 aromatic carbocycles. The zero-order valence-electron chi connectivity index (χ0n) is 9.85. The molecule has 0 spiro atoms. The SMILES string of the molecule is CC(C)[N+]1(c2cc(Cl)cc(Cl)c2)C(=O)C=NC1=O. The highest BCUT2D eigenvalue weighted by Gasteiger charge is 2.53. The molecule has 1 atom stereocenters. The summed E-state index contributed by atoms with van der Waals surface area (Å²) in [6.45, 7) is 3.55. The molecule has 0 fully saturated rings. The second kappa shape index (κ2) is 4.46. The number of urea groups is 1. The summed E-state index contributed by atoms with van der Waals surface area (Å²) in [7, 11) is 0. The summed E-state index contributed by atoms with van der Waals surface area (Å²) in [5, 5.41) is 0.756. The number of imide groups is 1. The first-order valence-electron chi connectivity index (χ1n) is 5.37. The first-order valence-corrected chi connectivity index (χ1v) is 6.13. The quantitative estimate of drug-likeness (QED) is 0.782. The van der Waals surface area contributed by atoms with E-state index in [9.17, 15) is 9.59 Å². The monoisotopic (exact) mass is 285 g/mol. The van der Waals surface area contributed by atoms with Gasteiger partial charge in [-0.1, -0.05) is 23.2 Å².